The third kappa shape index (κ3) is 3.74. The van der Waals surface area contributed by atoms with Crippen LogP contribution in [0.3, 0.4) is 0 Å². The number of rotatable bonds is 4. The molecule has 2 unspecified atom stereocenters. The van der Waals surface area contributed by atoms with Gasteiger partial charge >= 0.3 is 0 Å². The summed E-state index contributed by atoms with van der Waals surface area (Å²) in [4.78, 5) is 25.2. The van der Waals surface area contributed by atoms with Crippen LogP contribution >= 0.6 is 0 Å². The monoisotopic (exact) mass is 401 g/mol. The highest BCUT2D eigenvalue weighted by Crippen LogP contribution is 2.36. The Hall–Kier alpha value is -2.45. The van der Waals surface area contributed by atoms with Crippen molar-refractivity contribution in [2.24, 2.45) is 5.92 Å². The number of nitrogens with one attached hydrogen (secondary N) is 1. The van der Waals surface area contributed by atoms with E-state index in [9.17, 15) is 18.0 Å². The van der Waals surface area contributed by atoms with E-state index in [0.717, 1.165) is 17.7 Å². The van der Waals surface area contributed by atoms with E-state index in [0.29, 0.717) is 19.6 Å². The maximum Gasteiger partial charge on any atom is 0.274 e. The molecule has 0 aliphatic carbocycles. The van der Waals surface area contributed by atoms with Crippen molar-refractivity contribution in [3.05, 3.63) is 64.1 Å². The molecule has 0 saturated carbocycles. The van der Waals surface area contributed by atoms with Crippen LogP contribution in [0.2, 0.25) is 0 Å². The number of fused-ring (bicyclic) bond motifs is 4. The average molecular weight is 401 g/mol. The smallest absolute Gasteiger partial charge is 0.274 e. The molecule has 2 bridgehead atoms. The highest BCUT2D eigenvalue weighted by atomic mass is 32.2. The van der Waals surface area contributed by atoms with Gasteiger partial charge in [0.15, 0.2) is 0 Å². The molecule has 2 aliphatic heterocycles. The zero-order valence-corrected chi connectivity index (χ0v) is 16.5. The molecule has 4 rings (SSSR count). The van der Waals surface area contributed by atoms with Crippen LogP contribution < -0.4 is 10.9 Å². The first-order valence-corrected chi connectivity index (χ1v) is 11.2. The zero-order valence-electron chi connectivity index (χ0n) is 15.7. The molecular formula is C20H23N3O4S. The van der Waals surface area contributed by atoms with Gasteiger partial charge in [0.2, 0.25) is 15.9 Å². The first-order valence-electron chi connectivity index (χ1n) is 9.34. The second kappa shape index (κ2) is 7.18. The standard InChI is InChI=1S/C20H23N3O4S/c1-28(26,27)22-11-15-9-16(13-22)18-8-7-17(20(25)23(18)12-15)21-19(24)10-14-5-3-2-4-6-14/h2-8,15-16H,9-13H2,1H3,(H,21,24). The van der Waals surface area contributed by atoms with Crippen molar-refractivity contribution in [3.63, 3.8) is 0 Å². The Morgan fingerprint density at radius 2 is 1.86 bits per heavy atom. The van der Waals surface area contributed by atoms with Crippen LogP contribution in [0.4, 0.5) is 5.69 Å². The maximum atomic E-state index is 12.9. The molecule has 148 valence electrons. The number of aromatic nitrogens is 1. The quantitative estimate of drug-likeness (QED) is 0.839. The normalized spacial score (nSPS) is 21.8. The molecule has 1 fully saturated rings. The minimum atomic E-state index is -3.25. The van der Waals surface area contributed by atoms with Crippen LogP contribution in [-0.2, 0) is 27.8 Å². The van der Waals surface area contributed by atoms with E-state index in [1.807, 2.05) is 36.4 Å². The van der Waals surface area contributed by atoms with Gasteiger partial charge in [-0.25, -0.2) is 12.7 Å². The lowest BCUT2D eigenvalue weighted by Crippen LogP contribution is -2.49. The summed E-state index contributed by atoms with van der Waals surface area (Å²) in [6.07, 6.45) is 2.31. The molecule has 3 heterocycles. The number of anilines is 1. The van der Waals surface area contributed by atoms with Gasteiger partial charge in [-0.1, -0.05) is 30.3 Å². The summed E-state index contributed by atoms with van der Waals surface area (Å²) >= 11 is 0. The third-order valence-corrected chi connectivity index (χ3v) is 6.76. The van der Waals surface area contributed by atoms with Gasteiger partial charge in [0.1, 0.15) is 5.69 Å². The summed E-state index contributed by atoms with van der Waals surface area (Å²) in [6.45, 7) is 1.30. The Morgan fingerprint density at radius 3 is 2.57 bits per heavy atom. The number of piperidine rings is 1. The van der Waals surface area contributed by atoms with Crippen LogP contribution in [0, 0.1) is 5.92 Å². The summed E-state index contributed by atoms with van der Waals surface area (Å²) < 4.78 is 27.1. The molecular weight excluding hydrogens is 378 g/mol. The predicted molar refractivity (Wildman–Crippen MR) is 107 cm³/mol. The predicted octanol–water partition coefficient (Wildman–Crippen LogP) is 1.41. The molecule has 1 amide bonds. The van der Waals surface area contributed by atoms with Crippen molar-refractivity contribution >= 4 is 21.6 Å². The van der Waals surface area contributed by atoms with Gasteiger partial charge in [0.05, 0.1) is 12.7 Å². The third-order valence-electron chi connectivity index (χ3n) is 5.52. The molecule has 7 nitrogen and oxygen atoms in total. The van der Waals surface area contributed by atoms with E-state index >= 15 is 0 Å². The molecule has 1 saturated heterocycles. The van der Waals surface area contributed by atoms with Gasteiger partial charge in [0, 0.05) is 31.2 Å². The van der Waals surface area contributed by atoms with Crippen molar-refractivity contribution in [2.75, 3.05) is 24.7 Å². The van der Waals surface area contributed by atoms with Gasteiger partial charge in [-0.05, 0) is 30.0 Å². The van der Waals surface area contributed by atoms with Crippen molar-refractivity contribution in [2.45, 2.75) is 25.3 Å². The molecule has 1 aromatic carbocycles. The molecule has 28 heavy (non-hydrogen) atoms. The molecule has 0 radical (unpaired) electrons. The Labute approximate surface area is 164 Å². The molecule has 2 atom stereocenters. The van der Waals surface area contributed by atoms with E-state index < -0.39 is 10.0 Å². The van der Waals surface area contributed by atoms with Crippen LogP contribution in [-0.4, -0.2) is 42.5 Å². The van der Waals surface area contributed by atoms with Gasteiger partial charge < -0.3 is 9.88 Å². The first-order chi connectivity index (χ1) is 13.3. The van der Waals surface area contributed by atoms with Crippen molar-refractivity contribution in [1.29, 1.82) is 0 Å². The Kier molecular flexibility index (Phi) is 4.84. The van der Waals surface area contributed by atoms with E-state index in [1.54, 1.807) is 10.6 Å². The Morgan fingerprint density at radius 1 is 1.11 bits per heavy atom. The summed E-state index contributed by atoms with van der Waals surface area (Å²) in [7, 11) is -3.25. The minimum absolute atomic E-state index is 0.00370. The van der Waals surface area contributed by atoms with Crippen LogP contribution in [0.5, 0.6) is 0 Å². The minimum Gasteiger partial charge on any atom is -0.321 e. The van der Waals surface area contributed by atoms with Gasteiger partial charge in [-0.3, -0.25) is 9.59 Å². The van der Waals surface area contributed by atoms with Crippen molar-refractivity contribution < 1.29 is 13.2 Å². The number of sulfonamides is 1. The summed E-state index contributed by atoms with van der Waals surface area (Å²) in [5.41, 5.74) is 1.77. The molecule has 1 aromatic heterocycles. The zero-order chi connectivity index (χ0) is 19.9. The number of benzene rings is 1. The van der Waals surface area contributed by atoms with Crippen molar-refractivity contribution in [1.82, 2.24) is 8.87 Å². The van der Waals surface area contributed by atoms with Gasteiger partial charge in [0.25, 0.3) is 5.56 Å². The number of hydrogen-bond donors (Lipinski definition) is 1. The summed E-state index contributed by atoms with van der Waals surface area (Å²) in [6, 6.07) is 12.8. The highest BCUT2D eigenvalue weighted by molar-refractivity contribution is 7.88. The SMILES string of the molecule is CS(=O)(=O)N1CC2CC(C1)c1ccc(NC(=O)Cc3ccccc3)c(=O)n1C2. The van der Waals surface area contributed by atoms with E-state index in [-0.39, 0.29) is 35.4 Å². The largest absolute Gasteiger partial charge is 0.321 e. The van der Waals surface area contributed by atoms with Crippen LogP contribution in [0.15, 0.2) is 47.3 Å². The first kappa shape index (κ1) is 18.9. The fraction of sp³-hybridized carbons (Fsp3) is 0.400. The maximum absolute atomic E-state index is 12.9. The number of pyridine rings is 1. The Bertz CT molecular complexity index is 1060. The number of carbonyl (C=O) groups excluding carboxylic acids is 1. The molecule has 2 aromatic rings. The fourth-order valence-corrected chi connectivity index (χ4v) is 5.18. The second-order valence-electron chi connectivity index (χ2n) is 7.68. The van der Waals surface area contributed by atoms with E-state index in [2.05, 4.69) is 5.32 Å². The molecule has 8 heteroatoms. The highest BCUT2D eigenvalue weighted by Gasteiger charge is 2.37. The van der Waals surface area contributed by atoms with Crippen molar-refractivity contribution in [3.8, 4) is 0 Å². The topological polar surface area (TPSA) is 88.5 Å². The van der Waals surface area contributed by atoms with E-state index in [1.165, 1.54) is 10.6 Å². The summed E-state index contributed by atoms with van der Waals surface area (Å²) in [5, 5.41) is 2.73. The summed E-state index contributed by atoms with van der Waals surface area (Å²) in [5.74, 6) is -0.124. The lowest BCUT2D eigenvalue weighted by atomic mass is 9.84. The number of carbonyl (C=O) groups is 1. The number of amides is 1. The lowest BCUT2D eigenvalue weighted by Gasteiger charge is -2.41. The lowest BCUT2D eigenvalue weighted by molar-refractivity contribution is -0.115. The average Bonchev–Trinajstić information content (AvgIpc) is 2.64. The number of hydrogen-bond acceptors (Lipinski definition) is 4. The molecule has 1 N–H and O–H groups in total. The van der Waals surface area contributed by atoms with Crippen LogP contribution in [0.25, 0.3) is 0 Å². The Balaban J connectivity index is 1.56. The molecule has 2 aliphatic rings. The fourth-order valence-electron chi connectivity index (χ4n) is 4.24. The van der Waals surface area contributed by atoms with E-state index in [4.69, 9.17) is 0 Å². The number of nitrogens with zero attached hydrogens (tertiary/aromatic N) is 2. The van der Waals surface area contributed by atoms with Gasteiger partial charge in [-0.15, -0.1) is 0 Å². The van der Waals surface area contributed by atoms with Crippen LogP contribution in [0.1, 0.15) is 23.6 Å². The second-order valence-corrected chi connectivity index (χ2v) is 9.66. The van der Waals surface area contributed by atoms with Gasteiger partial charge in [-0.2, -0.15) is 0 Å². The molecule has 0 spiro atoms.